The molecule has 0 amide bonds. The van der Waals surface area contributed by atoms with Gasteiger partial charge in [-0.05, 0) is 77.0 Å². The summed E-state index contributed by atoms with van der Waals surface area (Å²) < 4.78 is 32.6. The van der Waals surface area contributed by atoms with Crippen molar-refractivity contribution in [2.24, 2.45) is 0 Å². The lowest BCUT2D eigenvalue weighted by Gasteiger charge is -2.20. The summed E-state index contributed by atoms with van der Waals surface area (Å²) in [5.74, 6) is -1.06. The summed E-state index contributed by atoms with van der Waals surface area (Å²) >= 11 is 0. The SMILES string of the molecule is CC/C=C\C/C=C\C/C=C\C/C=C\CCCCC(=O)OC(CO)COP(=O)(O)OCC(CO)OC(=O)CCCCCCCCCCC/C=C\CCCCCCCCCC. The first-order valence-corrected chi connectivity index (χ1v) is 24.7. The van der Waals surface area contributed by atoms with Crippen LogP contribution in [0.1, 0.15) is 194 Å². The number of rotatable bonds is 43. The average molecular weight is 853 g/mol. The van der Waals surface area contributed by atoms with Crippen LogP contribution in [-0.4, -0.2) is 65.7 Å². The summed E-state index contributed by atoms with van der Waals surface area (Å²) in [6, 6.07) is 0. The van der Waals surface area contributed by atoms with Crippen LogP contribution >= 0.6 is 7.82 Å². The number of ether oxygens (including phenoxy) is 2. The molecule has 3 unspecified atom stereocenters. The van der Waals surface area contributed by atoms with E-state index in [-0.39, 0.29) is 12.8 Å². The van der Waals surface area contributed by atoms with Crippen LogP contribution in [0.4, 0.5) is 0 Å². The monoisotopic (exact) mass is 853 g/mol. The molecule has 0 aliphatic carbocycles. The van der Waals surface area contributed by atoms with Gasteiger partial charge < -0.3 is 24.6 Å². The number of phosphoric acid groups is 1. The number of carbonyl (C=O) groups is 2. The lowest BCUT2D eigenvalue weighted by Crippen LogP contribution is -2.28. The van der Waals surface area contributed by atoms with E-state index in [0.717, 1.165) is 57.8 Å². The third-order valence-corrected chi connectivity index (χ3v) is 10.7. The van der Waals surface area contributed by atoms with Crippen molar-refractivity contribution in [1.82, 2.24) is 0 Å². The zero-order valence-corrected chi connectivity index (χ0v) is 38.1. The summed E-state index contributed by atoms with van der Waals surface area (Å²) in [6.07, 6.45) is 49.2. The van der Waals surface area contributed by atoms with Crippen LogP contribution in [0.5, 0.6) is 0 Å². The zero-order valence-electron chi connectivity index (χ0n) is 37.2. The molecule has 0 saturated carbocycles. The first kappa shape index (κ1) is 56.7. The number of carbonyl (C=O) groups excluding carboxylic acids is 2. The fourth-order valence-electron chi connectivity index (χ4n) is 6.16. The van der Waals surface area contributed by atoms with E-state index in [4.69, 9.17) is 18.5 Å². The highest BCUT2D eigenvalue weighted by atomic mass is 31.2. The minimum Gasteiger partial charge on any atom is -0.457 e. The molecule has 0 rings (SSSR count). The molecule has 3 N–H and O–H groups in total. The number of hydrogen-bond donors (Lipinski definition) is 3. The molecule has 0 fully saturated rings. The van der Waals surface area contributed by atoms with Gasteiger partial charge in [0.2, 0.25) is 0 Å². The molecule has 0 spiro atoms. The molecule has 0 radical (unpaired) electrons. The smallest absolute Gasteiger partial charge is 0.457 e. The normalized spacial score (nSPS) is 14.3. The summed E-state index contributed by atoms with van der Waals surface area (Å²) in [7, 11) is -4.65. The van der Waals surface area contributed by atoms with Gasteiger partial charge in [-0.3, -0.25) is 18.6 Å². The highest BCUT2D eigenvalue weighted by Gasteiger charge is 2.27. The standard InChI is InChI=1S/C48H85O10P/c1-3-5-7-9-11-13-15-17-19-20-21-22-23-24-26-28-30-32-34-36-38-40-48(52)58-46(42-50)44-56-59(53,54)55-43-45(41-49)57-47(51)39-37-35-33-31-29-27-25-18-16-14-12-10-8-6-4-2/h6,8,12,14,18,20-21,25,29,31,45-46,49-50H,3-5,7,9-11,13,15-17,19,22-24,26-28,30,32-44H2,1-2H3,(H,53,54)/b8-6-,14-12-,21-20-,25-18-,31-29-. The van der Waals surface area contributed by atoms with Crippen molar-refractivity contribution >= 4 is 19.8 Å². The van der Waals surface area contributed by atoms with Crippen LogP contribution in [0.3, 0.4) is 0 Å². The van der Waals surface area contributed by atoms with Gasteiger partial charge in [0.05, 0.1) is 26.4 Å². The number of unbranched alkanes of at least 4 members (excludes halogenated alkanes) is 19. The first-order chi connectivity index (χ1) is 28.8. The van der Waals surface area contributed by atoms with Crippen molar-refractivity contribution in [1.29, 1.82) is 0 Å². The molecule has 0 bridgehead atoms. The van der Waals surface area contributed by atoms with Gasteiger partial charge in [0, 0.05) is 12.8 Å². The summed E-state index contributed by atoms with van der Waals surface area (Å²) in [5, 5.41) is 19.2. The van der Waals surface area contributed by atoms with E-state index in [1.807, 2.05) is 0 Å². The molecule has 59 heavy (non-hydrogen) atoms. The van der Waals surface area contributed by atoms with E-state index in [0.29, 0.717) is 12.8 Å². The van der Waals surface area contributed by atoms with Crippen LogP contribution in [0.25, 0.3) is 0 Å². The Morgan fingerprint density at radius 2 is 0.797 bits per heavy atom. The van der Waals surface area contributed by atoms with Gasteiger partial charge in [-0.25, -0.2) is 4.57 Å². The molecule has 11 heteroatoms. The quantitative estimate of drug-likeness (QED) is 0.0234. The van der Waals surface area contributed by atoms with Crippen molar-refractivity contribution < 1.29 is 47.8 Å². The molecule has 3 atom stereocenters. The van der Waals surface area contributed by atoms with E-state index in [9.17, 15) is 29.3 Å². The fourth-order valence-corrected chi connectivity index (χ4v) is 6.94. The zero-order chi connectivity index (χ0) is 43.3. The van der Waals surface area contributed by atoms with Gasteiger partial charge in [-0.2, -0.15) is 0 Å². The van der Waals surface area contributed by atoms with Crippen molar-refractivity contribution in [2.45, 2.75) is 206 Å². The Bertz CT molecular complexity index is 1160. The highest BCUT2D eigenvalue weighted by molar-refractivity contribution is 7.47. The maximum absolute atomic E-state index is 12.4. The average Bonchev–Trinajstić information content (AvgIpc) is 3.22. The van der Waals surface area contributed by atoms with Gasteiger partial charge in [0.1, 0.15) is 12.2 Å². The number of aliphatic hydroxyl groups is 2. The molecular formula is C48H85O10P. The lowest BCUT2D eigenvalue weighted by molar-refractivity contribution is -0.153. The molecule has 0 heterocycles. The predicted molar refractivity (Wildman–Crippen MR) is 242 cm³/mol. The molecule has 0 aromatic carbocycles. The fraction of sp³-hybridized carbons (Fsp3) is 0.750. The van der Waals surface area contributed by atoms with Gasteiger partial charge in [0.25, 0.3) is 0 Å². The van der Waals surface area contributed by atoms with Crippen LogP contribution in [0.15, 0.2) is 60.8 Å². The molecular weight excluding hydrogens is 767 g/mol. The van der Waals surface area contributed by atoms with Crippen LogP contribution in [0, 0.1) is 0 Å². The molecule has 342 valence electrons. The number of esters is 2. The Labute approximate surface area is 359 Å². The van der Waals surface area contributed by atoms with Crippen LogP contribution in [0.2, 0.25) is 0 Å². The van der Waals surface area contributed by atoms with Gasteiger partial charge >= 0.3 is 19.8 Å². The Hall–Kier alpha value is -2.33. The highest BCUT2D eigenvalue weighted by Crippen LogP contribution is 2.43. The van der Waals surface area contributed by atoms with E-state index >= 15 is 0 Å². The second-order valence-electron chi connectivity index (χ2n) is 15.4. The molecule has 0 aliphatic rings. The van der Waals surface area contributed by atoms with Crippen LogP contribution < -0.4 is 0 Å². The van der Waals surface area contributed by atoms with Crippen molar-refractivity contribution in [3.05, 3.63) is 60.8 Å². The number of phosphoric ester groups is 1. The van der Waals surface area contributed by atoms with E-state index in [1.165, 1.54) is 96.3 Å². The maximum Gasteiger partial charge on any atom is 0.472 e. The van der Waals surface area contributed by atoms with Crippen LogP contribution in [-0.2, 0) is 32.7 Å². The summed E-state index contributed by atoms with van der Waals surface area (Å²) in [6.45, 7) is 2.05. The van der Waals surface area contributed by atoms with Crippen molar-refractivity contribution in [3.8, 4) is 0 Å². The van der Waals surface area contributed by atoms with Gasteiger partial charge in [-0.15, -0.1) is 0 Å². The van der Waals surface area contributed by atoms with E-state index in [1.54, 1.807) is 0 Å². The third-order valence-electron chi connectivity index (χ3n) is 9.71. The van der Waals surface area contributed by atoms with Gasteiger partial charge in [0.15, 0.2) is 0 Å². The molecule has 0 aromatic heterocycles. The first-order valence-electron chi connectivity index (χ1n) is 23.2. The third kappa shape index (κ3) is 42.2. The predicted octanol–water partition coefficient (Wildman–Crippen LogP) is 12.7. The minimum absolute atomic E-state index is 0.138. The molecule has 0 aliphatic heterocycles. The largest absolute Gasteiger partial charge is 0.472 e. The maximum atomic E-state index is 12.4. The van der Waals surface area contributed by atoms with E-state index in [2.05, 4.69) is 74.6 Å². The molecule has 0 aromatic rings. The second kappa shape index (κ2) is 43.7. The molecule has 0 saturated heterocycles. The number of hydrogen-bond acceptors (Lipinski definition) is 9. The number of aliphatic hydroxyl groups excluding tert-OH is 2. The Morgan fingerprint density at radius 3 is 1.20 bits per heavy atom. The molecule has 10 nitrogen and oxygen atoms in total. The Balaban J connectivity index is 3.92. The van der Waals surface area contributed by atoms with Crippen molar-refractivity contribution in [3.63, 3.8) is 0 Å². The Kier molecular flexibility index (Phi) is 42.0. The summed E-state index contributed by atoms with van der Waals surface area (Å²) in [4.78, 5) is 34.6. The van der Waals surface area contributed by atoms with E-state index < -0.39 is 58.4 Å². The van der Waals surface area contributed by atoms with Gasteiger partial charge in [-0.1, -0.05) is 164 Å². The topological polar surface area (TPSA) is 149 Å². The Morgan fingerprint density at radius 1 is 0.475 bits per heavy atom. The number of allylic oxidation sites excluding steroid dienone is 10. The summed E-state index contributed by atoms with van der Waals surface area (Å²) in [5.41, 5.74) is 0. The lowest BCUT2D eigenvalue weighted by atomic mass is 10.1. The minimum atomic E-state index is -4.65. The second-order valence-corrected chi connectivity index (χ2v) is 16.8. The van der Waals surface area contributed by atoms with Crippen molar-refractivity contribution in [2.75, 3.05) is 26.4 Å².